The van der Waals surface area contributed by atoms with E-state index < -0.39 is 34.7 Å². The normalized spacial score (nSPS) is 13.0. The van der Waals surface area contributed by atoms with Gasteiger partial charge in [0.15, 0.2) is 5.78 Å². The van der Waals surface area contributed by atoms with Crippen LogP contribution in [0.15, 0.2) is 22.7 Å². The first-order valence-electron chi connectivity index (χ1n) is 6.60. The second-order valence-electron chi connectivity index (χ2n) is 4.71. The number of benzene rings is 1. The summed E-state index contributed by atoms with van der Waals surface area (Å²) in [6, 6.07) is 3.21. The Hall–Kier alpha value is -2.29. The van der Waals surface area contributed by atoms with Crippen molar-refractivity contribution >= 4 is 39.3 Å². The highest BCUT2D eigenvalue weighted by molar-refractivity contribution is 9.10. The Morgan fingerprint density at radius 2 is 2.00 bits per heavy atom. The van der Waals surface area contributed by atoms with Gasteiger partial charge in [0, 0.05) is 22.2 Å². The van der Waals surface area contributed by atoms with Crippen LogP contribution in [0, 0.1) is 16.0 Å². The van der Waals surface area contributed by atoms with Gasteiger partial charge in [0.05, 0.1) is 11.0 Å². The van der Waals surface area contributed by atoms with Crippen LogP contribution in [0.5, 0.6) is 0 Å². The SMILES string of the molecule is CCC(C)OC(=O)C(C(=O)O)C(=O)c1ccc([N+](=O)[O-])cc1Br. The van der Waals surface area contributed by atoms with Crippen LogP contribution in [-0.2, 0) is 14.3 Å². The Balaban J connectivity index is 3.14. The van der Waals surface area contributed by atoms with Gasteiger partial charge < -0.3 is 9.84 Å². The van der Waals surface area contributed by atoms with Crippen LogP contribution in [0.1, 0.15) is 30.6 Å². The molecule has 124 valence electrons. The highest BCUT2D eigenvalue weighted by Crippen LogP contribution is 2.26. The number of carboxylic acids is 1. The molecule has 2 unspecified atom stereocenters. The monoisotopic (exact) mass is 387 g/mol. The Labute approximate surface area is 139 Å². The number of nitrogens with zero attached hydrogens (tertiary/aromatic N) is 1. The lowest BCUT2D eigenvalue weighted by Crippen LogP contribution is -2.35. The van der Waals surface area contributed by atoms with E-state index in [0.29, 0.717) is 6.42 Å². The Bertz CT molecular complexity index is 659. The van der Waals surface area contributed by atoms with Gasteiger partial charge in [0.2, 0.25) is 5.92 Å². The highest BCUT2D eigenvalue weighted by Gasteiger charge is 2.37. The van der Waals surface area contributed by atoms with Gasteiger partial charge in [-0.15, -0.1) is 0 Å². The van der Waals surface area contributed by atoms with Crippen LogP contribution < -0.4 is 0 Å². The number of hydrogen-bond donors (Lipinski definition) is 1. The summed E-state index contributed by atoms with van der Waals surface area (Å²) in [7, 11) is 0. The smallest absolute Gasteiger partial charge is 0.328 e. The van der Waals surface area contributed by atoms with Crippen molar-refractivity contribution in [2.75, 3.05) is 0 Å². The van der Waals surface area contributed by atoms with E-state index in [1.54, 1.807) is 13.8 Å². The summed E-state index contributed by atoms with van der Waals surface area (Å²) in [4.78, 5) is 45.5. The van der Waals surface area contributed by atoms with E-state index in [-0.39, 0.29) is 15.7 Å². The number of nitro benzene ring substituents is 1. The van der Waals surface area contributed by atoms with Gasteiger partial charge in [-0.05, 0) is 35.3 Å². The van der Waals surface area contributed by atoms with E-state index in [0.717, 1.165) is 18.2 Å². The number of Topliss-reactive ketones (excluding diaryl/α,β-unsaturated/α-hetero) is 1. The molecule has 0 aliphatic heterocycles. The van der Waals surface area contributed by atoms with E-state index in [4.69, 9.17) is 9.84 Å². The summed E-state index contributed by atoms with van der Waals surface area (Å²) in [6.45, 7) is 3.31. The molecule has 0 aliphatic carbocycles. The van der Waals surface area contributed by atoms with Crippen molar-refractivity contribution in [3.8, 4) is 0 Å². The molecule has 0 amide bonds. The van der Waals surface area contributed by atoms with Crippen LogP contribution in [0.4, 0.5) is 5.69 Å². The maximum Gasteiger partial charge on any atom is 0.328 e. The lowest BCUT2D eigenvalue weighted by atomic mass is 9.97. The third-order valence-corrected chi connectivity index (χ3v) is 3.72. The van der Waals surface area contributed by atoms with E-state index in [1.807, 2.05) is 0 Å². The summed E-state index contributed by atoms with van der Waals surface area (Å²) in [5, 5.41) is 19.8. The molecule has 0 fully saturated rings. The lowest BCUT2D eigenvalue weighted by Gasteiger charge is -2.15. The number of ether oxygens (including phenoxy) is 1. The fourth-order valence-corrected chi connectivity index (χ4v) is 2.20. The minimum Gasteiger partial charge on any atom is -0.480 e. The summed E-state index contributed by atoms with van der Waals surface area (Å²) < 4.78 is 4.93. The quantitative estimate of drug-likeness (QED) is 0.250. The Kier molecular flexibility index (Phi) is 6.38. The first-order chi connectivity index (χ1) is 10.7. The molecule has 0 saturated heterocycles. The highest BCUT2D eigenvalue weighted by atomic mass is 79.9. The second kappa shape index (κ2) is 7.82. The molecule has 0 bridgehead atoms. The summed E-state index contributed by atoms with van der Waals surface area (Å²) in [6.07, 6.45) is -0.0644. The van der Waals surface area contributed by atoms with Gasteiger partial charge in [0.25, 0.3) is 5.69 Å². The molecule has 0 spiro atoms. The Morgan fingerprint density at radius 1 is 1.39 bits per heavy atom. The third kappa shape index (κ3) is 4.59. The number of carbonyl (C=O) groups is 3. The van der Waals surface area contributed by atoms with Crippen molar-refractivity contribution in [2.24, 2.45) is 5.92 Å². The van der Waals surface area contributed by atoms with Crippen molar-refractivity contribution < 1.29 is 29.2 Å². The third-order valence-electron chi connectivity index (χ3n) is 3.07. The van der Waals surface area contributed by atoms with E-state index >= 15 is 0 Å². The largest absolute Gasteiger partial charge is 0.480 e. The maximum absolute atomic E-state index is 12.3. The van der Waals surface area contributed by atoms with Gasteiger partial charge in [-0.2, -0.15) is 0 Å². The summed E-state index contributed by atoms with van der Waals surface area (Å²) >= 11 is 2.98. The van der Waals surface area contributed by atoms with Crippen molar-refractivity contribution in [1.82, 2.24) is 0 Å². The molecule has 1 N–H and O–H groups in total. The molecule has 0 radical (unpaired) electrons. The van der Waals surface area contributed by atoms with Crippen LogP contribution in [-0.4, -0.2) is 33.9 Å². The number of nitro groups is 1. The number of hydrogen-bond acceptors (Lipinski definition) is 6. The molecule has 23 heavy (non-hydrogen) atoms. The van der Waals surface area contributed by atoms with Crippen LogP contribution >= 0.6 is 15.9 Å². The van der Waals surface area contributed by atoms with Gasteiger partial charge in [0.1, 0.15) is 0 Å². The summed E-state index contributed by atoms with van der Waals surface area (Å²) in [5.41, 5.74) is -0.424. The van der Waals surface area contributed by atoms with Crippen molar-refractivity contribution in [3.63, 3.8) is 0 Å². The average molecular weight is 388 g/mol. The molecular weight excluding hydrogens is 374 g/mol. The van der Waals surface area contributed by atoms with Gasteiger partial charge >= 0.3 is 11.9 Å². The number of aliphatic carboxylic acids is 1. The minimum absolute atomic E-state index is 0.0271. The number of halogens is 1. The van der Waals surface area contributed by atoms with Gasteiger partial charge in [-0.3, -0.25) is 24.5 Å². The number of ketones is 1. The molecule has 9 heteroatoms. The van der Waals surface area contributed by atoms with Crippen LogP contribution in [0.25, 0.3) is 0 Å². The molecule has 0 heterocycles. The van der Waals surface area contributed by atoms with Gasteiger partial charge in [-0.25, -0.2) is 0 Å². The van der Waals surface area contributed by atoms with E-state index in [1.165, 1.54) is 0 Å². The number of rotatable bonds is 7. The maximum atomic E-state index is 12.3. The standard InChI is InChI=1S/C14H14BrNO7/c1-3-7(2)23-14(20)11(13(18)19)12(17)9-5-4-8(16(21)22)6-10(9)15/h4-7,11H,3H2,1-2H3,(H,18,19). The predicted molar refractivity (Wildman–Crippen MR) is 82.1 cm³/mol. The number of carboxylic acid groups (broad SMARTS) is 1. The molecule has 0 aromatic heterocycles. The number of non-ortho nitro benzene ring substituents is 1. The number of carbonyl (C=O) groups excluding carboxylic acids is 2. The van der Waals surface area contributed by atoms with Crippen LogP contribution in [0.2, 0.25) is 0 Å². The molecule has 1 rings (SSSR count). The minimum atomic E-state index is -2.03. The Morgan fingerprint density at radius 3 is 2.43 bits per heavy atom. The fourth-order valence-electron chi connectivity index (χ4n) is 1.64. The molecule has 1 aromatic carbocycles. The lowest BCUT2D eigenvalue weighted by molar-refractivity contribution is -0.384. The first-order valence-corrected chi connectivity index (χ1v) is 7.39. The predicted octanol–water partition coefficient (Wildman–Crippen LogP) is 2.58. The van der Waals surface area contributed by atoms with Gasteiger partial charge in [-0.1, -0.05) is 6.92 Å². The molecular formula is C14H14BrNO7. The van der Waals surface area contributed by atoms with E-state index in [9.17, 15) is 24.5 Å². The fraction of sp³-hybridized carbons (Fsp3) is 0.357. The zero-order valence-electron chi connectivity index (χ0n) is 12.3. The molecule has 2 atom stereocenters. The summed E-state index contributed by atoms with van der Waals surface area (Å²) in [5.74, 6) is -5.84. The molecule has 8 nitrogen and oxygen atoms in total. The molecule has 0 aliphatic rings. The zero-order valence-corrected chi connectivity index (χ0v) is 13.9. The van der Waals surface area contributed by atoms with Crippen LogP contribution in [0.3, 0.4) is 0 Å². The zero-order chi connectivity index (χ0) is 17.7. The molecule has 0 saturated carbocycles. The topological polar surface area (TPSA) is 124 Å². The second-order valence-corrected chi connectivity index (χ2v) is 5.57. The number of esters is 1. The average Bonchev–Trinajstić information content (AvgIpc) is 2.46. The molecule has 1 aromatic rings. The first kappa shape index (κ1) is 18.8. The van der Waals surface area contributed by atoms with Crippen molar-refractivity contribution in [2.45, 2.75) is 26.4 Å². The van der Waals surface area contributed by atoms with E-state index in [2.05, 4.69) is 15.9 Å². The van der Waals surface area contributed by atoms with Crippen molar-refractivity contribution in [1.29, 1.82) is 0 Å². The van der Waals surface area contributed by atoms with Crippen molar-refractivity contribution in [3.05, 3.63) is 38.3 Å².